The minimum atomic E-state index is -1.13. The molecule has 0 aliphatic heterocycles. The fourth-order valence-electron chi connectivity index (χ4n) is 2.49. The maximum absolute atomic E-state index is 10.9. The Morgan fingerprint density at radius 3 is 2.45 bits per heavy atom. The number of hydrogen-bond acceptors (Lipinski definition) is 2. The molecule has 0 aliphatic carbocycles. The standard InChI is InChI=1S/C18H18O2/c1-12-5-4-6-15(10-12)18(3,19)17-11-14-9-13(2)7-8-16(14)20-17/h4-11,19H,1-3H3. The van der Waals surface area contributed by atoms with Gasteiger partial charge in [-0.25, -0.2) is 0 Å². The smallest absolute Gasteiger partial charge is 0.144 e. The van der Waals surface area contributed by atoms with Gasteiger partial charge in [0.05, 0.1) is 0 Å². The van der Waals surface area contributed by atoms with Gasteiger partial charge in [0.1, 0.15) is 16.9 Å². The molecule has 1 heterocycles. The predicted octanol–water partition coefficient (Wildman–Crippen LogP) is 4.31. The van der Waals surface area contributed by atoms with Crippen LogP contribution in [0.15, 0.2) is 52.9 Å². The van der Waals surface area contributed by atoms with Gasteiger partial charge in [-0.15, -0.1) is 0 Å². The van der Waals surface area contributed by atoms with E-state index in [9.17, 15) is 5.11 Å². The summed E-state index contributed by atoms with van der Waals surface area (Å²) in [6.45, 7) is 5.83. The third-order valence-electron chi connectivity index (χ3n) is 3.73. The Hall–Kier alpha value is -2.06. The third-order valence-corrected chi connectivity index (χ3v) is 3.73. The molecule has 0 aliphatic rings. The van der Waals surface area contributed by atoms with Crippen molar-refractivity contribution in [3.8, 4) is 0 Å². The lowest BCUT2D eigenvalue weighted by atomic mass is 9.92. The van der Waals surface area contributed by atoms with Gasteiger partial charge in [-0.05, 0) is 44.5 Å². The van der Waals surface area contributed by atoms with E-state index in [2.05, 4.69) is 6.07 Å². The average molecular weight is 266 g/mol. The Morgan fingerprint density at radius 1 is 0.950 bits per heavy atom. The summed E-state index contributed by atoms with van der Waals surface area (Å²) >= 11 is 0. The lowest BCUT2D eigenvalue weighted by Gasteiger charge is -2.21. The zero-order valence-corrected chi connectivity index (χ0v) is 12.0. The fraction of sp³-hybridized carbons (Fsp3) is 0.222. The molecule has 1 unspecified atom stereocenters. The van der Waals surface area contributed by atoms with E-state index in [1.54, 1.807) is 6.92 Å². The van der Waals surface area contributed by atoms with Gasteiger partial charge in [0.2, 0.25) is 0 Å². The van der Waals surface area contributed by atoms with Crippen LogP contribution in [0.2, 0.25) is 0 Å². The van der Waals surface area contributed by atoms with E-state index in [1.807, 2.05) is 56.3 Å². The summed E-state index contributed by atoms with van der Waals surface area (Å²) in [4.78, 5) is 0. The Morgan fingerprint density at radius 2 is 1.70 bits per heavy atom. The van der Waals surface area contributed by atoms with Gasteiger partial charge in [0.15, 0.2) is 0 Å². The second kappa shape index (κ2) is 4.50. The maximum atomic E-state index is 10.9. The molecule has 0 saturated heterocycles. The van der Waals surface area contributed by atoms with Crippen LogP contribution in [0.1, 0.15) is 29.4 Å². The molecular formula is C18H18O2. The summed E-state index contributed by atoms with van der Waals surface area (Å²) < 4.78 is 5.83. The monoisotopic (exact) mass is 266 g/mol. The number of furan rings is 1. The van der Waals surface area contributed by atoms with E-state index in [0.29, 0.717) is 5.76 Å². The minimum absolute atomic E-state index is 0.573. The quantitative estimate of drug-likeness (QED) is 0.750. The first-order chi connectivity index (χ1) is 9.46. The van der Waals surface area contributed by atoms with Gasteiger partial charge in [0.25, 0.3) is 0 Å². The van der Waals surface area contributed by atoms with Crippen LogP contribution in [0.25, 0.3) is 11.0 Å². The Labute approximate surface area is 118 Å². The van der Waals surface area contributed by atoms with Gasteiger partial charge in [-0.1, -0.05) is 41.5 Å². The molecule has 0 saturated carbocycles. The van der Waals surface area contributed by atoms with Gasteiger partial charge in [-0.3, -0.25) is 0 Å². The van der Waals surface area contributed by atoms with Crippen LogP contribution < -0.4 is 0 Å². The molecule has 0 radical (unpaired) electrons. The van der Waals surface area contributed by atoms with E-state index in [0.717, 1.165) is 22.1 Å². The van der Waals surface area contributed by atoms with Gasteiger partial charge >= 0.3 is 0 Å². The Bertz CT molecular complexity index is 766. The third kappa shape index (κ3) is 2.12. The highest BCUT2D eigenvalue weighted by Crippen LogP contribution is 2.33. The van der Waals surface area contributed by atoms with Crippen molar-refractivity contribution in [3.63, 3.8) is 0 Å². The van der Waals surface area contributed by atoms with E-state index in [4.69, 9.17) is 4.42 Å². The number of benzene rings is 2. The SMILES string of the molecule is Cc1cccc(C(C)(O)c2cc3cc(C)ccc3o2)c1. The Kier molecular flexibility index (Phi) is 2.91. The second-order valence-electron chi connectivity index (χ2n) is 5.59. The molecule has 0 spiro atoms. The molecule has 0 bridgehead atoms. The van der Waals surface area contributed by atoms with Crippen molar-refractivity contribution in [2.75, 3.05) is 0 Å². The van der Waals surface area contributed by atoms with Crippen LogP contribution in [0.3, 0.4) is 0 Å². The first-order valence-electron chi connectivity index (χ1n) is 6.77. The van der Waals surface area contributed by atoms with Crippen LogP contribution in [0.4, 0.5) is 0 Å². The normalized spacial score (nSPS) is 14.4. The van der Waals surface area contributed by atoms with Crippen LogP contribution >= 0.6 is 0 Å². The number of hydrogen-bond donors (Lipinski definition) is 1. The van der Waals surface area contributed by atoms with E-state index >= 15 is 0 Å². The van der Waals surface area contributed by atoms with Gasteiger partial charge in [0, 0.05) is 5.39 Å². The van der Waals surface area contributed by atoms with Crippen LogP contribution in [0, 0.1) is 13.8 Å². The molecule has 1 atom stereocenters. The predicted molar refractivity (Wildman–Crippen MR) is 80.8 cm³/mol. The topological polar surface area (TPSA) is 33.4 Å². The summed E-state index contributed by atoms with van der Waals surface area (Å²) in [7, 11) is 0. The molecule has 3 aromatic rings. The molecule has 0 amide bonds. The highest BCUT2D eigenvalue weighted by atomic mass is 16.4. The van der Waals surface area contributed by atoms with Crippen LogP contribution in [-0.2, 0) is 5.60 Å². The van der Waals surface area contributed by atoms with E-state index in [1.165, 1.54) is 5.56 Å². The molecule has 102 valence electrons. The van der Waals surface area contributed by atoms with Crippen molar-refractivity contribution in [2.24, 2.45) is 0 Å². The highest BCUT2D eigenvalue weighted by Gasteiger charge is 2.29. The molecule has 2 heteroatoms. The molecule has 1 N–H and O–H groups in total. The maximum Gasteiger partial charge on any atom is 0.144 e. The van der Waals surface area contributed by atoms with Crippen molar-refractivity contribution in [2.45, 2.75) is 26.4 Å². The summed E-state index contributed by atoms with van der Waals surface area (Å²) in [6.07, 6.45) is 0. The zero-order valence-electron chi connectivity index (χ0n) is 12.0. The first-order valence-corrected chi connectivity index (χ1v) is 6.77. The second-order valence-corrected chi connectivity index (χ2v) is 5.59. The molecular weight excluding hydrogens is 248 g/mol. The molecule has 20 heavy (non-hydrogen) atoms. The van der Waals surface area contributed by atoms with Crippen molar-refractivity contribution in [1.29, 1.82) is 0 Å². The van der Waals surface area contributed by atoms with E-state index < -0.39 is 5.60 Å². The number of rotatable bonds is 2. The van der Waals surface area contributed by atoms with Crippen LogP contribution in [0.5, 0.6) is 0 Å². The van der Waals surface area contributed by atoms with Gasteiger partial charge < -0.3 is 9.52 Å². The molecule has 2 aromatic carbocycles. The number of fused-ring (bicyclic) bond motifs is 1. The molecule has 1 aromatic heterocycles. The summed E-state index contributed by atoms with van der Waals surface area (Å²) in [5.74, 6) is 0.573. The van der Waals surface area contributed by atoms with Crippen molar-refractivity contribution >= 4 is 11.0 Å². The largest absolute Gasteiger partial charge is 0.458 e. The minimum Gasteiger partial charge on any atom is -0.458 e. The van der Waals surface area contributed by atoms with Crippen molar-refractivity contribution in [3.05, 3.63) is 71.0 Å². The Balaban J connectivity index is 2.13. The van der Waals surface area contributed by atoms with Crippen molar-refractivity contribution in [1.82, 2.24) is 0 Å². The summed E-state index contributed by atoms with van der Waals surface area (Å²) in [5.41, 5.74) is 2.82. The highest BCUT2D eigenvalue weighted by molar-refractivity contribution is 5.79. The zero-order chi connectivity index (χ0) is 14.3. The van der Waals surface area contributed by atoms with Crippen LogP contribution in [-0.4, -0.2) is 5.11 Å². The summed E-state index contributed by atoms with van der Waals surface area (Å²) in [6, 6.07) is 15.8. The number of aryl methyl sites for hydroxylation is 2. The molecule has 0 fully saturated rings. The molecule has 2 nitrogen and oxygen atoms in total. The lowest BCUT2D eigenvalue weighted by Crippen LogP contribution is -2.21. The summed E-state index contributed by atoms with van der Waals surface area (Å²) in [5, 5.41) is 11.9. The first kappa shape index (κ1) is 12.9. The average Bonchev–Trinajstić information content (AvgIpc) is 2.82. The van der Waals surface area contributed by atoms with Gasteiger partial charge in [-0.2, -0.15) is 0 Å². The molecule has 3 rings (SSSR count). The number of aliphatic hydroxyl groups is 1. The fourth-order valence-corrected chi connectivity index (χ4v) is 2.49. The van der Waals surface area contributed by atoms with E-state index in [-0.39, 0.29) is 0 Å². The van der Waals surface area contributed by atoms with Crippen molar-refractivity contribution < 1.29 is 9.52 Å². The lowest BCUT2D eigenvalue weighted by molar-refractivity contribution is 0.0786.